The quantitative estimate of drug-likeness (QED) is 0.465. The number of aromatic nitrogens is 1. The van der Waals surface area contributed by atoms with E-state index >= 15 is 0 Å². The first-order valence-electron chi connectivity index (χ1n) is 8.82. The number of hydrogen-bond acceptors (Lipinski definition) is 6. The van der Waals surface area contributed by atoms with E-state index in [0.717, 1.165) is 5.56 Å². The third-order valence-corrected chi connectivity index (χ3v) is 4.64. The lowest BCUT2D eigenvalue weighted by molar-refractivity contribution is 0.0527. The average molecular weight is 406 g/mol. The molecule has 1 heterocycles. The summed E-state index contributed by atoms with van der Waals surface area (Å²) < 4.78 is 10.7. The first kappa shape index (κ1) is 20.1. The first-order valence-corrected chi connectivity index (χ1v) is 9.22. The van der Waals surface area contributed by atoms with Crippen LogP contribution in [0.4, 0.5) is 0 Å². The smallest absolute Gasteiger partial charge is 0.340 e. The van der Waals surface area contributed by atoms with E-state index in [1.807, 2.05) is 30.3 Å². The predicted octanol–water partition coefficient (Wildman–Crippen LogP) is 4.84. The number of nitrogens with zero attached hydrogens (tertiary/aromatic N) is 1. The number of esters is 1. The maximum absolute atomic E-state index is 13.0. The Balaban J connectivity index is 2.45. The van der Waals surface area contributed by atoms with Gasteiger partial charge in [-0.1, -0.05) is 48.6 Å². The number of carbonyl (C=O) groups excluding carboxylic acids is 1. The molecule has 0 aliphatic carbocycles. The number of rotatable bonds is 5. The van der Waals surface area contributed by atoms with Crippen LogP contribution in [0.1, 0.15) is 22.8 Å². The summed E-state index contributed by atoms with van der Waals surface area (Å²) in [6, 6.07) is 15.9. The van der Waals surface area contributed by atoms with Gasteiger partial charge in [0, 0.05) is 5.56 Å². The van der Waals surface area contributed by atoms with Crippen molar-refractivity contribution >= 4 is 18.2 Å². The molecule has 3 rings (SSSR count). The van der Waals surface area contributed by atoms with E-state index in [9.17, 15) is 15.2 Å². The minimum absolute atomic E-state index is 0.0585. The molecule has 0 aliphatic heterocycles. The Kier molecular flexibility index (Phi) is 5.96. The Bertz CT molecular complexity index is 1160. The first-order chi connectivity index (χ1) is 14.0. The van der Waals surface area contributed by atoms with E-state index in [2.05, 4.69) is 11.1 Å². The molecule has 7 heteroatoms. The fourth-order valence-electron chi connectivity index (χ4n) is 3.06. The molecule has 0 atom stereocenters. The summed E-state index contributed by atoms with van der Waals surface area (Å²) in [6.45, 7) is 1.88. The maximum Gasteiger partial charge on any atom is 0.340 e. The molecule has 0 spiro atoms. The van der Waals surface area contributed by atoms with Crippen LogP contribution in [0.15, 0.2) is 48.5 Å². The predicted molar refractivity (Wildman–Crippen MR) is 111 cm³/mol. The van der Waals surface area contributed by atoms with Crippen molar-refractivity contribution in [3.8, 4) is 40.0 Å². The molecule has 29 heavy (non-hydrogen) atoms. The van der Waals surface area contributed by atoms with E-state index in [4.69, 9.17) is 21.7 Å². The Morgan fingerprint density at radius 2 is 1.93 bits per heavy atom. The minimum atomic E-state index is -0.587. The highest BCUT2D eigenvalue weighted by Crippen LogP contribution is 2.38. The molecule has 0 aliphatic rings. The van der Waals surface area contributed by atoms with E-state index in [0.29, 0.717) is 16.8 Å². The number of aromatic hydroxyl groups is 1. The Morgan fingerprint density at radius 1 is 1.21 bits per heavy atom. The number of ether oxygens (including phenoxy) is 2. The van der Waals surface area contributed by atoms with Crippen molar-refractivity contribution in [2.24, 2.45) is 0 Å². The number of benzene rings is 2. The van der Waals surface area contributed by atoms with Gasteiger partial charge in [-0.2, -0.15) is 5.26 Å². The van der Waals surface area contributed by atoms with Crippen LogP contribution in [0.3, 0.4) is 0 Å². The Morgan fingerprint density at radius 3 is 2.55 bits per heavy atom. The van der Waals surface area contributed by atoms with Crippen molar-refractivity contribution in [1.82, 2.24) is 4.98 Å². The van der Waals surface area contributed by atoms with Crippen LogP contribution in [-0.4, -0.2) is 29.8 Å². The zero-order valence-electron chi connectivity index (χ0n) is 15.9. The van der Waals surface area contributed by atoms with Gasteiger partial charge in [0.2, 0.25) is 0 Å². The number of hydrogen-bond donors (Lipinski definition) is 2. The number of carbonyl (C=O) groups is 1. The van der Waals surface area contributed by atoms with Crippen molar-refractivity contribution in [2.75, 3.05) is 13.7 Å². The van der Waals surface area contributed by atoms with Crippen LogP contribution in [0.25, 0.3) is 22.4 Å². The summed E-state index contributed by atoms with van der Waals surface area (Å²) in [4.78, 5) is 16.0. The summed E-state index contributed by atoms with van der Waals surface area (Å²) in [7, 11) is 1.42. The largest absolute Gasteiger partial charge is 0.504 e. The maximum atomic E-state index is 13.0. The van der Waals surface area contributed by atoms with Gasteiger partial charge in [0.1, 0.15) is 10.7 Å². The number of nitrogens with one attached hydrogen (secondary N) is 1. The van der Waals surface area contributed by atoms with Crippen molar-refractivity contribution < 1.29 is 19.4 Å². The zero-order chi connectivity index (χ0) is 21.0. The third kappa shape index (κ3) is 3.84. The van der Waals surface area contributed by atoms with Crippen LogP contribution >= 0.6 is 12.2 Å². The van der Waals surface area contributed by atoms with E-state index in [-0.39, 0.29) is 33.9 Å². The molecule has 0 fully saturated rings. The molecule has 2 aromatic carbocycles. The fourth-order valence-corrected chi connectivity index (χ4v) is 3.31. The SMILES string of the molecule is CCOC(=O)c1c(-c2ccccc2)[nH]c(=S)c(C#N)c1-c1ccc(O)c(OC)c1. The topological polar surface area (TPSA) is 95.3 Å². The van der Waals surface area contributed by atoms with E-state index < -0.39 is 5.97 Å². The molecule has 0 unspecified atom stereocenters. The minimum Gasteiger partial charge on any atom is -0.504 e. The highest BCUT2D eigenvalue weighted by molar-refractivity contribution is 7.71. The number of pyridine rings is 1. The highest BCUT2D eigenvalue weighted by atomic mass is 32.1. The van der Waals surface area contributed by atoms with Crippen LogP contribution in [-0.2, 0) is 4.74 Å². The molecule has 0 saturated carbocycles. The second kappa shape index (κ2) is 8.59. The van der Waals surface area contributed by atoms with Gasteiger partial charge >= 0.3 is 5.97 Å². The van der Waals surface area contributed by atoms with Gasteiger partial charge in [-0.05, 0) is 30.2 Å². The molecule has 0 radical (unpaired) electrons. The summed E-state index contributed by atoms with van der Waals surface area (Å²) in [5.41, 5.74) is 2.32. The average Bonchev–Trinajstić information content (AvgIpc) is 2.74. The van der Waals surface area contributed by atoms with Crippen molar-refractivity contribution in [3.05, 3.63) is 64.3 Å². The molecule has 0 amide bonds. The highest BCUT2D eigenvalue weighted by Gasteiger charge is 2.25. The molecular formula is C22H18N2O4S. The van der Waals surface area contributed by atoms with Gasteiger partial charge in [0.05, 0.1) is 30.5 Å². The Labute approximate surface area is 173 Å². The number of methoxy groups -OCH3 is 1. The molecule has 146 valence electrons. The fraction of sp³-hybridized carbons (Fsp3) is 0.136. The second-order valence-corrected chi connectivity index (χ2v) is 6.45. The van der Waals surface area contributed by atoms with Crippen LogP contribution in [0.5, 0.6) is 11.5 Å². The molecular weight excluding hydrogens is 388 g/mol. The summed E-state index contributed by atoms with van der Waals surface area (Å²) in [5, 5.41) is 19.7. The summed E-state index contributed by atoms with van der Waals surface area (Å²) in [6.07, 6.45) is 0. The molecule has 3 aromatic rings. The lowest BCUT2D eigenvalue weighted by Crippen LogP contribution is -2.12. The van der Waals surface area contributed by atoms with Gasteiger partial charge in [0.15, 0.2) is 11.5 Å². The molecule has 2 N–H and O–H groups in total. The van der Waals surface area contributed by atoms with Crippen molar-refractivity contribution in [1.29, 1.82) is 5.26 Å². The van der Waals surface area contributed by atoms with Crippen LogP contribution in [0, 0.1) is 16.0 Å². The van der Waals surface area contributed by atoms with Gasteiger partial charge in [0.25, 0.3) is 0 Å². The number of phenolic OH excluding ortho intramolecular Hbond substituents is 1. The van der Waals surface area contributed by atoms with Crippen LogP contribution in [0.2, 0.25) is 0 Å². The number of aromatic amines is 1. The van der Waals surface area contributed by atoms with Gasteiger partial charge < -0.3 is 19.6 Å². The number of H-pyrrole nitrogens is 1. The second-order valence-electron chi connectivity index (χ2n) is 6.04. The summed E-state index contributed by atoms with van der Waals surface area (Å²) >= 11 is 5.41. The standard InChI is InChI=1S/C22H18N2O4S/c1-3-28-22(26)19-18(14-9-10-16(25)17(11-14)27-2)15(12-23)21(29)24-20(19)13-7-5-4-6-8-13/h4-11,25H,3H2,1-2H3,(H,24,29). The lowest BCUT2D eigenvalue weighted by atomic mass is 9.92. The summed E-state index contributed by atoms with van der Waals surface area (Å²) in [5.74, 6) is -0.436. The lowest BCUT2D eigenvalue weighted by Gasteiger charge is -2.17. The molecule has 6 nitrogen and oxygen atoms in total. The Hall–Kier alpha value is -3.63. The molecule has 0 bridgehead atoms. The third-order valence-electron chi connectivity index (χ3n) is 4.34. The van der Waals surface area contributed by atoms with Crippen molar-refractivity contribution in [3.63, 3.8) is 0 Å². The van der Waals surface area contributed by atoms with Gasteiger partial charge in [-0.25, -0.2) is 4.79 Å². The van der Waals surface area contributed by atoms with Crippen LogP contribution < -0.4 is 4.74 Å². The number of phenols is 1. The van der Waals surface area contributed by atoms with Gasteiger partial charge in [-0.15, -0.1) is 0 Å². The number of nitriles is 1. The zero-order valence-corrected chi connectivity index (χ0v) is 16.7. The van der Waals surface area contributed by atoms with Crippen molar-refractivity contribution in [2.45, 2.75) is 6.92 Å². The monoisotopic (exact) mass is 406 g/mol. The molecule has 1 aromatic heterocycles. The van der Waals surface area contributed by atoms with Gasteiger partial charge in [-0.3, -0.25) is 0 Å². The normalized spacial score (nSPS) is 10.2. The van der Waals surface area contributed by atoms with E-state index in [1.165, 1.54) is 13.2 Å². The van der Waals surface area contributed by atoms with E-state index in [1.54, 1.807) is 19.1 Å². The molecule has 0 saturated heterocycles.